The number of rotatable bonds is 5. The predicted molar refractivity (Wildman–Crippen MR) is 88.0 cm³/mol. The average Bonchev–Trinajstić information content (AvgIpc) is 2.92. The fourth-order valence-corrected chi connectivity index (χ4v) is 2.48. The second kappa shape index (κ2) is 6.58. The van der Waals surface area contributed by atoms with Crippen LogP contribution in [-0.2, 0) is 6.54 Å². The topological polar surface area (TPSA) is 16.4 Å². The van der Waals surface area contributed by atoms with E-state index in [2.05, 4.69) is 11.0 Å². The summed E-state index contributed by atoms with van der Waals surface area (Å²) < 4.78 is 19.1. The Bertz CT molecular complexity index is 791. The van der Waals surface area contributed by atoms with Crippen molar-refractivity contribution < 1.29 is 8.81 Å². The molecule has 22 heavy (non-hydrogen) atoms. The number of fused-ring (bicyclic) bond motifs is 1. The van der Waals surface area contributed by atoms with Crippen LogP contribution in [0.25, 0.3) is 17.0 Å². The first-order valence-corrected chi connectivity index (χ1v) is 7.29. The van der Waals surface area contributed by atoms with E-state index in [9.17, 15) is 4.39 Å². The molecule has 0 bridgehead atoms. The smallest absolute Gasteiger partial charge is 0.134 e. The van der Waals surface area contributed by atoms with Crippen molar-refractivity contribution >= 4 is 17.0 Å². The molecule has 0 saturated carbocycles. The molecule has 0 radical (unpaired) electrons. The lowest BCUT2D eigenvalue weighted by Crippen LogP contribution is -2.17. The van der Waals surface area contributed by atoms with Gasteiger partial charge >= 0.3 is 0 Å². The maximum atomic E-state index is 13.5. The molecule has 1 heterocycles. The van der Waals surface area contributed by atoms with Crippen LogP contribution in [0.3, 0.4) is 0 Å². The maximum Gasteiger partial charge on any atom is 0.134 e. The van der Waals surface area contributed by atoms with E-state index in [0.717, 1.165) is 29.6 Å². The minimum absolute atomic E-state index is 0.192. The van der Waals surface area contributed by atoms with Crippen molar-refractivity contribution in [1.29, 1.82) is 0 Å². The Morgan fingerprint density at radius 1 is 1.09 bits per heavy atom. The Hall–Kier alpha value is -2.39. The number of para-hydroxylation sites is 1. The van der Waals surface area contributed by atoms with Crippen molar-refractivity contribution in [2.75, 3.05) is 13.6 Å². The van der Waals surface area contributed by atoms with Gasteiger partial charge in [0.15, 0.2) is 0 Å². The van der Waals surface area contributed by atoms with Gasteiger partial charge in [0.05, 0.1) is 6.26 Å². The lowest BCUT2D eigenvalue weighted by molar-refractivity contribution is 0.363. The van der Waals surface area contributed by atoms with Crippen LogP contribution >= 0.6 is 0 Å². The zero-order valence-corrected chi connectivity index (χ0v) is 12.5. The third-order valence-electron chi connectivity index (χ3n) is 3.62. The molecule has 0 saturated heterocycles. The van der Waals surface area contributed by atoms with Gasteiger partial charge in [-0.15, -0.1) is 0 Å². The predicted octanol–water partition coefficient (Wildman–Crippen LogP) is 4.72. The number of furan rings is 1. The molecule has 3 rings (SSSR count). The Kier molecular flexibility index (Phi) is 4.35. The fourth-order valence-electron chi connectivity index (χ4n) is 2.48. The molecule has 0 spiro atoms. The van der Waals surface area contributed by atoms with Crippen LogP contribution in [0.15, 0.2) is 65.3 Å². The highest BCUT2D eigenvalue weighted by molar-refractivity contribution is 5.80. The highest BCUT2D eigenvalue weighted by Crippen LogP contribution is 2.21. The molecule has 0 aliphatic heterocycles. The van der Waals surface area contributed by atoms with Gasteiger partial charge in [-0.25, -0.2) is 4.39 Å². The van der Waals surface area contributed by atoms with E-state index >= 15 is 0 Å². The van der Waals surface area contributed by atoms with Crippen LogP contribution in [-0.4, -0.2) is 18.5 Å². The molecule has 112 valence electrons. The molecule has 0 aliphatic rings. The van der Waals surface area contributed by atoms with E-state index < -0.39 is 0 Å². The molecule has 0 aliphatic carbocycles. The summed E-state index contributed by atoms with van der Waals surface area (Å²) in [6.07, 6.45) is 5.60. The van der Waals surface area contributed by atoms with E-state index in [-0.39, 0.29) is 5.82 Å². The van der Waals surface area contributed by atoms with Gasteiger partial charge in [0.2, 0.25) is 0 Å². The van der Waals surface area contributed by atoms with E-state index in [0.29, 0.717) is 5.56 Å². The summed E-state index contributed by atoms with van der Waals surface area (Å²) in [7, 11) is 2.04. The number of likely N-dealkylation sites (N-methyl/N-ethyl adjacent to an activating group) is 1. The second-order valence-electron chi connectivity index (χ2n) is 5.38. The summed E-state index contributed by atoms with van der Waals surface area (Å²) in [5.41, 5.74) is 2.69. The Morgan fingerprint density at radius 3 is 2.73 bits per heavy atom. The summed E-state index contributed by atoms with van der Waals surface area (Å²) >= 11 is 0. The molecule has 3 heteroatoms. The van der Waals surface area contributed by atoms with Crippen molar-refractivity contribution in [3.05, 3.63) is 77.8 Å². The van der Waals surface area contributed by atoms with Gasteiger partial charge in [0.25, 0.3) is 0 Å². The zero-order chi connectivity index (χ0) is 15.4. The Morgan fingerprint density at radius 2 is 1.86 bits per heavy atom. The van der Waals surface area contributed by atoms with Gasteiger partial charge < -0.3 is 4.42 Å². The summed E-state index contributed by atoms with van der Waals surface area (Å²) in [4.78, 5) is 2.16. The van der Waals surface area contributed by atoms with Gasteiger partial charge in [-0.05, 0) is 19.2 Å². The first kappa shape index (κ1) is 14.5. The van der Waals surface area contributed by atoms with Crippen molar-refractivity contribution in [3.63, 3.8) is 0 Å². The van der Waals surface area contributed by atoms with Gasteiger partial charge in [-0.2, -0.15) is 0 Å². The number of nitrogens with zero attached hydrogens (tertiary/aromatic N) is 1. The monoisotopic (exact) mass is 295 g/mol. The average molecular weight is 295 g/mol. The molecule has 2 aromatic carbocycles. The SMILES string of the molecule is CN(CC=Cc1ccccc1F)Cc1coc2ccccc12. The summed E-state index contributed by atoms with van der Waals surface area (Å²) in [6, 6.07) is 14.8. The maximum absolute atomic E-state index is 13.5. The normalized spacial score (nSPS) is 11.8. The fraction of sp³-hybridized carbons (Fsp3) is 0.158. The highest BCUT2D eigenvalue weighted by atomic mass is 19.1. The molecular formula is C19H18FNO. The molecule has 0 N–H and O–H groups in total. The van der Waals surface area contributed by atoms with Crippen LogP contribution in [0.4, 0.5) is 4.39 Å². The van der Waals surface area contributed by atoms with E-state index in [1.54, 1.807) is 12.1 Å². The lowest BCUT2D eigenvalue weighted by Gasteiger charge is -2.13. The van der Waals surface area contributed by atoms with Gasteiger partial charge in [0, 0.05) is 29.6 Å². The standard InChI is InChI=1S/C19H18FNO/c1-21(12-6-8-15-7-2-4-10-18(15)20)13-16-14-22-19-11-5-3-9-17(16)19/h2-11,14H,12-13H2,1H3. The van der Waals surface area contributed by atoms with Gasteiger partial charge in [-0.1, -0.05) is 48.6 Å². The third kappa shape index (κ3) is 3.26. The lowest BCUT2D eigenvalue weighted by atomic mass is 10.1. The second-order valence-corrected chi connectivity index (χ2v) is 5.38. The largest absolute Gasteiger partial charge is 0.464 e. The van der Waals surface area contributed by atoms with Crippen molar-refractivity contribution in [1.82, 2.24) is 4.90 Å². The minimum Gasteiger partial charge on any atom is -0.464 e. The first-order valence-electron chi connectivity index (χ1n) is 7.29. The van der Waals surface area contributed by atoms with Crippen LogP contribution in [0.5, 0.6) is 0 Å². The molecule has 1 aromatic heterocycles. The van der Waals surface area contributed by atoms with Crippen molar-refractivity contribution in [2.45, 2.75) is 6.54 Å². The molecule has 0 fully saturated rings. The van der Waals surface area contributed by atoms with Crippen LogP contribution in [0, 0.1) is 5.82 Å². The molecule has 0 atom stereocenters. The molecule has 2 nitrogen and oxygen atoms in total. The van der Waals surface area contributed by atoms with Crippen LogP contribution < -0.4 is 0 Å². The molecule has 3 aromatic rings. The highest BCUT2D eigenvalue weighted by Gasteiger charge is 2.06. The van der Waals surface area contributed by atoms with Crippen LogP contribution in [0.2, 0.25) is 0 Å². The van der Waals surface area contributed by atoms with Gasteiger partial charge in [-0.3, -0.25) is 4.90 Å². The number of hydrogen-bond donors (Lipinski definition) is 0. The molecule has 0 amide bonds. The van der Waals surface area contributed by atoms with Crippen molar-refractivity contribution in [2.24, 2.45) is 0 Å². The summed E-state index contributed by atoms with van der Waals surface area (Å²) in [5, 5.41) is 1.15. The first-order chi connectivity index (χ1) is 10.7. The van der Waals surface area contributed by atoms with Crippen molar-refractivity contribution in [3.8, 4) is 0 Å². The molecular weight excluding hydrogens is 277 g/mol. The summed E-state index contributed by atoms with van der Waals surface area (Å²) in [6.45, 7) is 1.53. The molecule has 0 unspecified atom stereocenters. The quantitative estimate of drug-likeness (QED) is 0.677. The Balaban J connectivity index is 1.63. The van der Waals surface area contributed by atoms with E-state index in [4.69, 9.17) is 4.42 Å². The number of hydrogen-bond acceptors (Lipinski definition) is 2. The number of benzene rings is 2. The summed E-state index contributed by atoms with van der Waals surface area (Å²) in [5.74, 6) is -0.192. The van der Waals surface area contributed by atoms with E-state index in [1.165, 1.54) is 6.07 Å². The van der Waals surface area contributed by atoms with Crippen LogP contribution in [0.1, 0.15) is 11.1 Å². The third-order valence-corrected chi connectivity index (χ3v) is 3.62. The number of halogens is 1. The van der Waals surface area contributed by atoms with Gasteiger partial charge in [0.1, 0.15) is 11.4 Å². The zero-order valence-electron chi connectivity index (χ0n) is 12.5. The Labute approximate surface area is 129 Å². The van der Waals surface area contributed by atoms with E-state index in [1.807, 2.05) is 49.7 Å². The minimum atomic E-state index is -0.192.